The van der Waals surface area contributed by atoms with Crippen LogP contribution < -0.4 is 9.64 Å². The predicted molar refractivity (Wildman–Crippen MR) is 104 cm³/mol. The zero-order chi connectivity index (χ0) is 19.7. The van der Waals surface area contributed by atoms with Crippen LogP contribution in [0.2, 0.25) is 0 Å². The van der Waals surface area contributed by atoms with Crippen LogP contribution in [0, 0.1) is 18.7 Å². The van der Waals surface area contributed by atoms with E-state index in [1.165, 1.54) is 24.9 Å². The second-order valence-electron chi connectivity index (χ2n) is 7.68. The monoisotopic (exact) mass is 384 g/mol. The molecule has 28 heavy (non-hydrogen) atoms. The molecule has 4 rings (SSSR count). The van der Waals surface area contributed by atoms with Gasteiger partial charge in [-0.1, -0.05) is 6.42 Å². The highest BCUT2D eigenvalue weighted by atomic mass is 19.1. The van der Waals surface area contributed by atoms with Crippen molar-refractivity contribution in [3.8, 4) is 11.6 Å². The predicted octanol–water partition coefficient (Wildman–Crippen LogP) is 3.55. The smallest absolute Gasteiger partial charge is 0.226 e. The van der Waals surface area contributed by atoms with Gasteiger partial charge in [-0.25, -0.2) is 14.4 Å². The number of hydrogen-bond acceptors (Lipinski definition) is 5. The Kier molecular flexibility index (Phi) is 5.15. The maximum Gasteiger partial charge on any atom is 0.226 e. The molecule has 2 heterocycles. The molecule has 0 bridgehead atoms. The molecule has 2 fully saturated rings. The van der Waals surface area contributed by atoms with Gasteiger partial charge in [0.05, 0.1) is 0 Å². The number of aromatic nitrogens is 2. The van der Waals surface area contributed by atoms with Gasteiger partial charge in [0.2, 0.25) is 11.8 Å². The number of anilines is 1. The van der Waals surface area contributed by atoms with E-state index in [1.54, 1.807) is 19.1 Å². The van der Waals surface area contributed by atoms with Crippen molar-refractivity contribution in [1.29, 1.82) is 0 Å². The van der Waals surface area contributed by atoms with Gasteiger partial charge in [-0.05, 0) is 50.5 Å². The second-order valence-corrected chi connectivity index (χ2v) is 7.68. The lowest BCUT2D eigenvalue weighted by molar-refractivity contribution is -0.140. The molecule has 1 saturated carbocycles. The van der Waals surface area contributed by atoms with Crippen molar-refractivity contribution in [3.05, 3.63) is 42.0 Å². The molecule has 0 N–H and O–H groups in total. The van der Waals surface area contributed by atoms with Gasteiger partial charge >= 0.3 is 0 Å². The maximum absolute atomic E-state index is 13.3. The van der Waals surface area contributed by atoms with Crippen molar-refractivity contribution in [2.75, 3.05) is 24.5 Å². The fourth-order valence-electron chi connectivity index (χ4n) is 3.78. The Labute approximate surface area is 164 Å². The Morgan fingerprint density at radius 1 is 1.21 bits per heavy atom. The molecule has 1 aromatic carbocycles. The second kappa shape index (κ2) is 7.73. The minimum atomic E-state index is -0.295. The van der Waals surface area contributed by atoms with Gasteiger partial charge in [-0.2, -0.15) is 0 Å². The molecule has 1 aromatic heterocycles. The lowest BCUT2D eigenvalue weighted by Gasteiger charge is -2.43. The van der Waals surface area contributed by atoms with Crippen LogP contribution >= 0.6 is 0 Å². The van der Waals surface area contributed by atoms with E-state index in [4.69, 9.17) is 4.74 Å². The number of amides is 1. The highest BCUT2D eigenvalue weighted by Gasteiger charge is 2.34. The van der Waals surface area contributed by atoms with Gasteiger partial charge < -0.3 is 14.5 Å². The number of carbonyl (C=O) groups is 1. The quantitative estimate of drug-likeness (QED) is 0.807. The van der Waals surface area contributed by atoms with E-state index in [9.17, 15) is 9.18 Å². The number of piperazine rings is 1. The van der Waals surface area contributed by atoms with Gasteiger partial charge in [0, 0.05) is 37.7 Å². The summed E-state index contributed by atoms with van der Waals surface area (Å²) < 4.78 is 19.1. The Balaban J connectivity index is 1.44. The lowest BCUT2D eigenvalue weighted by atomic mass is 9.84. The lowest BCUT2D eigenvalue weighted by Crippen LogP contribution is -2.56. The largest absolute Gasteiger partial charge is 0.439 e. The zero-order valence-electron chi connectivity index (χ0n) is 16.3. The number of rotatable bonds is 4. The molecular formula is C21H25FN4O2. The molecule has 2 aromatic rings. The third-order valence-electron chi connectivity index (χ3n) is 5.67. The number of carbonyl (C=O) groups excluding carboxylic acids is 1. The number of halogens is 1. The minimum absolute atomic E-state index is 0.139. The van der Waals surface area contributed by atoms with E-state index in [0.717, 1.165) is 31.7 Å². The van der Waals surface area contributed by atoms with Crippen LogP contribution in [-0.2, 0) is 4.79 Å². The SMILES string of the molecule is Cc1cc(F)ccc1Oc1cc(N2CCN(C(=O)C3CCC3)C(C)C2)ncn1. The van der Waals surface area contributed by atoms with Crippen molar-refractivity contribution < 1.29 is 13.9 Å². The third kappa shape index (κ3) is 3.79. The molecule has 2 aliphatic rings. The van der Waals surface area contributed by atoms with E-state index < -0.39 is 0 Å². The third-order valence-corrected chi connectivity index (χ3v) is 5.67. The number of ether oxygens (including phenoxy) is 1. The molecular weight excluding hydrogens is 359 g/mol. The van der Waals surface area contributed by atoms with Crippen LogP contribution in [0.15, 0.2) is 30.6 Å². The molecule has 1 aliphatic heterocycles. The Bertz CT molecular complexity index is 871. The summed E-state index contributed by atoms with van der Waals surface area (Å²) in [5.74, 6) is 1.99. The number of aryl methyl sites for hydroxylation is 1. The molecule has 1 atom stereocenters. The van der Waals surface area contributed by atoms with Crippen LogP contribution in [0.25, 0.3) is 0 Å². The van der Waals surface area contributed by atoms with Crippen LogP contribution in [0.3, 0.4) is 0 Å². The van der Waals surface area contributed by atoms with Crippen molar-refractivity contribution >= 4 is 11.7 Å². The van der Waals surface area contributed by atoms with E-state index in [-0.39, 0.29) is 17.8 Å². The van der Waals surface area contributed by atoms with Gasteiger partial charge in [-0.15, -0.1) is 0 Å². The number of benzene rings is 1. The number of nitrogens with zero attached hydrogens (tertiary/aromatic N) is 4. The molecule has 1 saturated heterocycles. The minimum Gasteiger partial charge on any atom is -0.439 e. The Hall–Kier alpha value is -2.70. The highest BCUT2D eigenvalue weighted by Crippen LogP contribution is 2.31. The molecule has 1 unspecified atom stereocenters. The van der Waals surface area contributed by atoms with E-state index >= 15 is 0 Å². The van der Waals surface area contributed by atoms with E-state index in [2.05, 4.69) is 21.8 Å². The van der Waals surface area contributed by atoms with E-state index in [1.807, 2.05) is 4.90 Å². The number of hydrogen-bond donors (Lipinski definition) is 0. The van der Waals surface area contributed by atoms with Crippen molar-refractivity contribution in [2.45, 2.75) is 39.2 Å². The first-order valence-corrected chi connectivity index (χ1v) is 9.83. The summed E-state index contributed by atoms with van der Waals surface area (Å²) in [7, 11) is 0. The van der Waals surface area contributed by atoms with Crippen LogP contribution in [0.5, 0.6) is 11.6 Å². The van der Waals surface area contributed by atoms with Gasteiger partial charge in [0.15, 0.2) is 0 Å². The Morgan fingerprint density at radius 3 is 2.71 bits per heavy atom. The molecule has 148 valence electrons. The summed E-state index contributed by atoms with van der Waals surface area (Å²) in [6.45, 7) is 6.04. The standard InChI is InChI=1S/C21H25FN4O2/c1-14-10-17(22)6-7-18(14)28-20-11-19(23-13-24-20)25-8-9-26(15(2)12-25)21(27)16-4-3-5-16/h6-7,10-11,13,15-16H,3-5,8-9,12H2,1-2H3. The van der Waals surface area contributed by atoms with Crippen molar-refractivity contribution in [2.24, 2.45) is 5.92 Å². The summed E-state index contributed by atoms with van der Waals surface area (Å²) >= 11 is 0. The summed E-state index contributed by atoms with van der Waals surface area (Å²) in [6, 6.07) is 6.32. The van der Waals surface area contributed by atoms with Crippen LogP contribution in [-0.4, -0.2) is 46.5 Å². The van der Waals surface area contributed by atoms with Crippen LogP contribution in [0.4, 0.5) is 10.2 Å². The molecule has 7 heteroatoms. The Morgan fingerprint density at radius 2 is 2.04 bits per heavy atom. The van der Waals surface area contributed by atoms with Crippen LogP contribution in [0.1, 0.15) is 31.7 Å². The molecule has 1 amide bonds. The van der Waals surface area contributed by atoms with Gasteiger partial charge in [-0.3, -0.25) is 4.79 Å². The van der Waals surface area contributed by atoms with Crippen molar-refractivity contribution in [1.82, 2.24) is 14.9 Å². The fourth-order valence-corrected chi connectivity index (χ4v) is 3.78. The zero-order valence-corrected chi connectivity index (χ0v) is 16.3. The van der Waals surface area contributed by atoms with Gasteiger partial charge in [0.25, 0.3) is 0 Å². The maximum atomic E-state index is 13.3. The average molecular weight is 384 g/mol. The summed E-state index contributed by atoms with van der Waals surface area (Å²) in [5.41, 5.74) is 0.705. The fraction of sp³-hybridized carbons (Fsp3) is 0.476. The first kappa shape index (κ1) is 18.7. The first-order valence-electron chi connectivity index (χ1n) is 9.83. The molecule has 0 radical (unpaired) electrons. The van der Waals surface area contributed by atoms with Crippen molar-refractivity contribution in [3.63, 3.8) is 0 Å². The average Bonchev–Trinajstić information content (AvgIpc) is 2.63. The topological polar surface area (TPSA) is 58.6 Å². The highest BCUT2D eigenvalue weighted by molar-refractivity contribution is 5.80. The molecule has 0 spiro atoms. The molecule has 6 nitrogen and oxygen atoms in total. The summed E-state index contributed by atoms with van der Waals surface area (Å²) in [6.07, 6.45) is 4.70. The summed E-state index contributed by atoms with van der Waals surface area (Å²) in [5, 5.41) is 0. The van der Waals surface area contributed by atoms with Gasteiger partial charge in [0.1, 0.15) is 23.7 Å². The normalized spacial score (nSPS) is 20.0. The summed E-state index contributed by atoms with van der Waals surface area (Å²) in [4.78, 5) is 25.3. The molecule has 1 aliphatic carbocycles. The van der Waals surface area contributed by atoms with E-state index in [0.29, 0.717) is 29.6 Å². The first-order chi connectivity index (χ1) is 13.5.